The first-order valence-electron chi connectivity index (χ1n) is 19.4. The Morgan fingerprint density at radius 3 is 1.72 bits per heavy atom. The fourth-order valence-corrected chi connectivity index (χ4v) is 8.49. The molecule has 58 heavy (non-hydrogen) atoms. The van der Waals surface area contributed by atoms with E-state index in [0.29, 0.717) is 17.5 Å². The summed E-state index contributed by atoms with van der Waals surface area (Å²) in [5, 5.41) is 8.81. The molecule has 0 atom stereocenters. The Kier molecular flexibility index (Phi) is 7.16. The van der Waals surface area contributed by atoms with Crippen LogP contribution in [-0.4, -0.2) is 15.0 Å². The Hall–Kier alpha value is -7.89. The van der Waals surface area contributed by atoms with Crippen molar-refractivity contribution >= 4 is 65.4 Å². The minimum absolute atomic E-state index is 0.588. The van der Waals surface area contributed by atoms with Gasteiger partial charge in [0, 0.05) is 43.8 Å². The monoisotopic (exact) mass is 741 g/mol. The van der Waals surface area contributed by atoms with Crippen LogP contribution in [-0.2, 0) is 0 Å². The van der Waals surface area contributed by atoms with E-state index < -0.39 is 0 Å². The lowest BCUT2D eigenvalue weighted by Crippen LogP contribution is -2.00. The fourth-order valence-electron chi connectivity index (χ4n) is 8.49. The van der Waals surface area contributed by atoms with Crippen LogP contribution in [0.15, 0.2) is 197 Å². The van der Waals surface area contributed by atoms with E-state index in [2.05, 4.69) is 152 Å². The first kappa shape index (κ1) is 32.4. The Balaban J connectivity index is 1.04. The van der Waals surface area contributed by atoms with Gasteiger partial charge in [0.15, 0.2) is 17.5 Å². The SMILES string of the molecule is c1ccc(-c2ccc(-c3ccc(-c4nc(-c5ccc6ccccc6c5)nc(-c5cccc6oc7ccccc7c56)n4)cc3)c3c2oc2cc4ccccc4cc23)cc1. The molecule has 0 amide bonds. The molecule has 0 radical (unpaired) electrons. The van der Waals surface area contributed by atoms with Gasteiger partial charge in [-0.3, -0.25) is 0 Å². The molecule has 3 aromatic heterocycles. The molecule has 12 aromatic rings. The summed E-state index contributed by atoms with van der Waals surface area (Å²) < 4.78 is 13.0. The van der Waals surface area contributed by atoms with Gasteiger partial charge in [-0.1, -0.05) is 152 Å². The molecule has 0 bridgehead atoms. The van der Waals surface area contributed by atoms with Crippen molar-refractivity contribution in [1.82, 2.24) is 15.0 Å². The third-order valence-corrected chi connectivity index (χ3v) is 11.3. The van der Waals surface area contributed by atoms with Gasteiger partial charge in [0.05, 0.1) is 0 Å². The van der Waals surface area contributed by atoms with Crippen LogP contribution in [0.3, 0.4) is 0 Å². The zero-order valence-electron chi connectivity index (χ0n) is 31.1. The maximum atomic E-state index is 6.76. The zero-order chi connectivity index (χ0) is 38.2. The predicted octanol–water partition coefficient (Wildman–Crippen LogP) is 14.3. The number of nitrogens with zero attached hydrogens (tertiary/aromatic N) is 3. The van der Waals surface area contributed by atoms with E-state index in [1.807, 2.05) is 36.4 Å². The van der Waals surface area contributed by atoms with Gasteiger partial charge < -0.3 is 8.83 Å². The Morgan fingerprint density at radius 2 is 0.897 bits per heavy atom. The lowest BCUT2D eigenvalue weighted by atomic mass is 9.93. The summed E-state index contributed by atoms with van der Waals surface area (Å²) >= 11 is 0. The third kappa shape index (κ3) is 5.21. The van der Waals surface area contributed by atoms with E-state index in [4.69, 9.17) is 23.8 Å². The lowest BCUT2D eigenvalue weighted by Gasteiger charge is -2.11. The number of aromatic nitrogens is 3. The molecule has 0 aliphatic carbocycles. The fraction of sp³-hybridized carbons (Fsp3) is 0. The molecule has 5 nitrogen and oxygen atoms in total. The molecular formula is C53H31N3O2. The standard InChI is InChI=1S/C53H31N3O2/c1-2-12-33(13-3-1)41-28-27-40(49-44-30-37-15-6-7-16-38(37)31-47(44)58-50(41)49)34-22-24-35(25-23-34)51-54-52(39-26-21-32-11-4-5-14-36(32)29-39)56-53(55-51)43-18-10-20-46-48(43)42-17-8-9-19-45(42)57-46/h1-31H. The highest BCUT2D eigenvalue weighted by molar-refractivity contribution is 6.19. The van der Waals surface area contributed by atoms with Crippen molar-refractivity contribution in [2.45, 2.75) is 0 Å². The molecule has 9 aromatic carbocycles. The predicted molar refractivity (Wildman–Crippen MR) is 237 cm³/mol. The van der Waals surface area contributed by atoms with Gasteiger partial charge in [0.25, 0.3) is 0 Å². The molecule has 5 heteroatoms. The summed E-state index contributed by atoms with van der Waals surface area (Å²) in [6.45, 7) is 0. The van der Waals surface area contributed by atoms with Crippen LogP contribution < -0.4 is 0 Å². The third-order valence-electron chi connectivity index (χ3n) is 11.3. The average molecular weight is 742 g/mol. The van der Waals surface area contributed by atoms with Crippen molar-refractivity contribution in [2.75, 3.05) is 0 Å². The summed E-state index contributed by atoms with van der Waals surface area (Å²) in [5.41, 5.74) is 10.4. The normalized spacial score (nSPS) is 11.8. The number of fused-ring (bicyclic) bond motifs is 8. The highest BCUT2D eigenvalue weighted by Gasteiger charge is 2.20. The molecule has 3 heterocycles. The number of para-hydroxylation sites is 1. The van der Waals surface area contributed by atoms with Crippen LogP contribution in [0.25, 0.3) is 122 Å². The van der Waals surface area contributed by atoms with E-state index >= 15 is 0 Å². The molecule has 0 saturated carbocycles. The second kappa shape index (κ2) is 12.8. The molecule has 0 N–H and O–H groups in total. The van der Waals surface area contributed by atoms with E-state index in [1.54, 1.807) is 0 Å². The van der Waals surface area contributed by atoms with Crippen LogP contribution in [0, 0.1) is 0 Å². The van der Waals surface area contributed by atoms with Crippen LogP contribution in [0.4, 0.5) is 0 Å². The second-order valence-electron chi connectivity index (χ2n) is 14.8. The average Bonchev–Trinajstić information content (AvgIpc) is 3.86. The maximum absolute atomic E-state index is 6.76. The Morgan fingerprint density at radius 1 is 0.293 bits per heavy atom. The Labute approximate surface area is 332 Å². The van der Waals surface area contributed by atoms with Crippen LogP contribution in [0.2, 0.25) is 0 Å². The second-order valence-corrected chi connectivity index (χ2v) is 14.8. The largest absolute Gasteiger partial charge is 0.456 e. The van der Waals surface area contributed by atoms with E-state index in [-0.39, 0.29) is 0 Å². The maximum Gasteiger partial charge on any atom is 0.164 e. The van der Waals surface area contributed by atoms with Crippen LogP contribution in [0.1, 0.15) is 0 Å². The van der Waals surface area contributed by atoms with Crippen molar-refractivity contribution in [2.24, 2.45) is 0 Å². The number of benzene rings is 9. The first-order valence-corrected chi connectivity index (χ1v) is 19.4. The van der Waals surface area contributed by atoms with E-state index in [1.165, 1.54) is 5.39 Å². The van der Waals surface area contributed by atoms with Gasteiger partial charge in [-0.05, 0) is 74.6 Å². The van der Waals surface area contributed by atoms with Crippen molar-refractivity contribution < 1.29 is 8.83 Å². The highest BCUT2D eigenvalue weighted by Crippen LogP contribution is 2.43. The lowest BCUT2D eigenvalue weighted by molar-refractivity contribution is 0.669. The summed E-state index contributed by atoms with van der Waals surface area (Å²) in [4.78, 5) is 15.5. The molecule has 0 aliphatic heterocycles. The highest BCUT2D eigenvalue weighted by atomic mass is 16.3. The smallest absolute Gasteiger partial charge is 0.164 e. The molecule has 0 fully saturated rings. The molecule has 0 aliphatic rings. The number of hydrogen-bond donors (Lipinski definition) is 0. The minimum atomic E-state index is 0.588. The Bertz CT molecular complexity index is 3570. The van der Waals surface area contributed by atoms with Gasteiger partial charge in [-0.25, -0.2) is 15.0 Å². The molecule has 270 valence electrons. The van der Waals surface area contributed by atoms with Gasteiger partial charge in [-0.2, -0.15) is 0 Å². The number of hydrogen-bond acceptors (Lipinski definition) is 5. The quantitative estimate of drug-likeness (QED) is 0.176. The van der Waals surface area contributed by atoms with Gasteiger partial charge in [0.2, 0.25) is 0 Å². The van der Waals surface area contributed by atoms with Gasteiger partial charge in [0.1, 0.15) is 22.3 Å². The van der Waals surface area contributed by atoms with Crippen molar-refractivity contribution in [3.63, 3.8) is 0 Å². The summed E-state index contributed by atoms with van der Waals surface area (Å²) in [6, 6.07) is 65.2. The summed E-state index contributed by atoms with van der Waals surface area (Å²) in [6.07, 6.45) is 0. The number of rotatable bonds is 5. The molecular weight excluding hydrogens is 711 g/mol. The van der Waals surface area contributed by atoms with Crippen molar-refractivity contribution in [3.05, 3.63) is 188 Å². The van der Waals surface area contributed by atoms with Gasteiger partial charge in [-0.15, -0.1) is 0 Å². The molecule has 0 saturated heterocycles. The molecule has 0 unspecified atom stereocenters. The van der Waals surface area contributed by atoms with E-state index in [0.717, 1.165) is 99.0 Å². The summed E-state index contributed by atoms with van der Waals surface area (Å²) in [5.74, 6) is 1.79. The summed E-state index contributed by atoms with van der Waals surface area (Å²) in [7, 11) is 0. The van der Waals surface area contributed by atoms with Crippen molar-refractivity contribution in [1.29, 1.82) is 0 Å². The van der Waals surface area contributed by atoms with Crippen LogP contribution >= 0.6 is 0 Å². The topological polar surface area (TPSA) is 65.0 Å². The van der Waals surface area contributed by atoms with Crippen LogP contribution in [0.5, 0.6) is 0 Å². The van der Waals surface area contributed by atoms with Gasteiger partial charge >= 0.3 is 0 Å². The zero-order valence-corrected chi connectivity index (χ0v) is 31.1. The molecule has 12 rings (SSSR count). The van der Waals surface area contributed by atoms with E-state index in [9.17, 15) is 0 Å². The molecule has 0 spiro atoms. The van der Waals surface area contributed by atoms with Crippen molar-refractivity contribution in [3.8, 4) is 56.4 Å². The minimum Gasteiger partial charge on any atom is -0.456 e. The first-order chi connectivity index (χ1) is 28.7. The number of furan rings is 2.